The van der Waals surface area contributed by atoms with Crippen LogP contribution < -0.4 is 16.0 Å². The molecule has 1 heterocycles. The summed E-state index contributed by atoms with van der Waals surface area (Å²) in [5, 5.41) is 8.57. The van der Waals surface area contributed by atoms with Gasteiger partial charge in [0.15, 0.2) is 0 Å². The first kappa shape index (κ1) is 42.3. The number of nitrogens with zero attached hydrogens (tertiary/aromatic N) is 3. The van der Waals surface area contributed by atoms with E-state index in [2.05, 4.69) is 50.2 Å². The Labute approximate surface area is 313 Å². The van der Waals surface area contributed by atoms with Gasteiger partial charge >= 0.3 is 13.1 Å². The summed E-state index contributed by atoms with van der Waals surface area (Å²) < 4.78 is 11.4. The molecule has 0 spiro atoms. The zero-order chi connectivity index (χ0) is 38.8. The molecule has 0 aliphatic heterocycles. The molecule has 3 atom stereocenters. The minimum atomic E-state index is -1.44. The molecule has 3 aromatic rings. The molecule has 3 N–H and O–H groups in total. The highest BCUT2D eigenvalue weighted by Gasteiger charge is 2.40. The van der Waals surface area contributed by atoms with Crippen LogP contribution in [-0.4, -0.2) is 89.8 Å². The van der Waals surface area contributed by atoms with Crippen LogP contribution in [0.5, 0.6) is 0 Å². The summed E-state index contributed by atoms with van der Waals surface area (Å²) in [6, 6.07) is 16.2. The molecule has 13 nitrogen and oxygen atoms in total. The molecule has 14 heteroatoms. The van der Waals surface area contributed by atoms with Gasteiger partial charge in [-0.25, -0.2) is 4.98 Å². The van der Waals surface area contributed by atoms with Crippen molar-refractivity contribution < 1.29 is 33.3 Å². The number of benzene rings is 2. The third kappa shape index (κ3) is 15.6. The van der Waals surface area contributed by atoms with Crippen molar-refractivity contribution in [3.05, 3.63) is 95.6 Å². The summed E-state index contributed by atoms with van der Waals surface area (Å²) in [4.78, 5) is 75.0. The number of amides is 3. The molecule has 53 heavy (non-hydrogen) atoms. The van der Waals surface area contributed by atoms with Crippen LogP contribution in [-0.2, 0) is 41.3 Å². The van der Waals surface area contributed by atoms with E-state index < -0.39 is 42.9 Å². The lowest BCUT2D eigenvalue weighted by molar-refractivity contribution is -0.142. The maximum atomic E-state index is 13.9. The normalized spacial score (nSPS) is 12.7. The summed E-state index contributed by atoms with van der Waals surface area (Å²) in [6.07, 6.45) is 6.49. The zero-order valence-electron chi connectivity index (χ0n) is 31.7. The largest absolute Gasteiger partial charge is 0.622 e. The van der Waals surface area contributed by atoms with Crippen molar-refractivity contribution in [2.45, 2.75) is 91.2 Å². The highest BCUT2D eigenvalue weighted by molar-refractivity contribution is 6.51. The van der Waals surface area contributed by atoms with Crippen molar-refractivity contribution >= 4 is 36.8 Å². The molecule has 3 rings (SSSR count). The Kier molecular flexibility index (Phi) is 17.6. The summed E-state index contributed by atoms with van der Waals surface area (Å²) >= 11 is 0. The average Bonchev–Trinajstić information content (AvgIpc) is 3.14. The maximum absolute atomic E-state index is 13.9. The molecule has 3 amide bonds. The monoisotopic (exact) mass is 728 g/mol. The molecule has 0 bridgehead atoms. The van der Waals surface area contributed by atoms with Crippen LogP contribution in [0.1, 0.15) is 80.6 Å². The third-order valence-electron chi connectivity index (χ3n) is 8.58. The van der Waals surface area contributed by atoms with Crippen molar-refractivity contribution in [1.29, 1.82) is 0 Å². The van der Waals surface area contributed by atoms with E-state index >= 15 is 0 Å². The van der Waals surface area contributed by atoms with E-state index in [1.54, 1.807) is 18.9 Å². The Bertz CT molecular complexity index is 1610. The Morgan fingerprint density at radius 1 is 0.887 bits per heavy atom. The SMILES string of the molecule is CCC(=O)OB(OC(=O)CN(C)C(C)CNC(=O)CCCc1ccc(C)cc1)[C@H](CC(C)C)NC(=O)[C@H](Cc1ccccc1)NC(=O)c1cnccn1. The van der Waals surface area contributed by atoms with Crippen LogP contribution >= 0.6 is 0 Å². The lowest BCUT2D eigenvalue weighted by atomic mass is 9.73. The molecule has 0 saturated heterocycles. The Morgan fingerprint density at radius 3 is 2.23 bits per heavy atom. The molecule has 1 aromatic heterocycles. The zero-order valence-corrected chi connectivity index (χ0v) is 31.7. The Balaban J connectivity index is 1.65. The Hall–Kier alpha value is -5.11. The summed E-state index contributed by atoms with van der Waals surface area (Å²) in [5.41, 5.74) is 3.21. The van der Waals surface area contributed by atoms with E-state index in [-0.39, 0.29) is 42.9 Å². The number of aryl methyl sites for hydroxylation is 2. The van der Waals surface area contributed by atoms with Crippen molar-refractivity contribution in [2.24, 2.45) is 5.92 Å². The number of hydrogen-bond donors (Lipinski definition) is 3. The second kappa shape index (κ2) is 22.1. The fraction of sp³-hybridized carbons (Fsp3) is 0.462. The minimum absolute atomic E-state index is 0.00761. The summed E-state index contributed by atoms with van der Waals surface area (Å²) in [6.45, 7) is 9.51. The summed E-state index contributed by atoms with van der Waals surface area (Å²) in [5.74, 6) is -3.47. The van der Waals surface area contributed by atoms with E-state index in [0.717, 1.165) is 18.4 Å². The van der Waals surface area contributed by atoms with Gasteiger partial charge in [-0.3, -0.25) is 33.9 Å². The first-order valence-electron chi connectivity index (χ1n) is 18.2. The number of carbonyl (C=O) groups is 5. The first-order valence-corrected chi connectivity index (χ1v) is 18.2. The van der Waals surface area contributed by atoms with E-state index in [1.165, 1.54) is 29.7 Å². The molecule has 0 aliphatic carbocycles. The lowest BCUT2D eigenvalue weighted by Crippen LogP contribution is -2.57. The number of rotatable bonds is 21. The highest BCUT2D eigenvalue weighted by Crippen LogP contribution is 2.14. The van der Waals surface area contributed by atoms with E-state index in [4.69, 9.17) is 9.31 Å². The minimum Gasteiger partial charge on any atom is -0.498 e. The fourth-order valence-corrected chi connectivity index (χ4v) is 5.38. The van der Waals surface area contributed by atoms with Gasteiger partial charge < -0.3 is 25.3 Å². The van der Waals surface area contributed by atoms with Crippen molar-refractivity contribution in [3.63, 3.8) is 0 Å². The Morgan fingerprint density at radius 2 is 1.58 bits per heavy atom. The molecule has 0 saturated carbocycles. The third-order valence-corrected chi connectivity index (χ3v) is 8.58. The molecular formula is C39H53BN6O7. The fourth-order valence-electron chi connectivity index (χ4n) is 5.38. The second-order valence-corrected chi connectivity index (χ2v) is 13.7. The topological polar surface area (TPSA) is 169 Å². The van der Waals surface area contributed by atoms with Gasteiger partial charge in [0.1, 0.15) is 11.7 Å². The summed E-state index contributed by atoms with van der Waals surface area (Å²) in [7, 11) is 0.287. The second-order valence-electron chi connectivity index (χ2n) is 13.7. The molecule has 0 aliphatic rings. The van der Waals surface area contributed by atoms with Gasteiger partial charge in [0.2, 0.25) is 11.8 Å². The quantitative estimate of drug-likeness (QED) is 0.138. The predicted octanol–water partition coefficient (Wildman–Crippen LogP) is 3.64. The van der Waals surface area contributed by atoms with Crippen molar-refractivity contribution in [1.82, 2.24) is 30.8 Å². The van der Waals surface area contributed by atoms with Gasteiger partial charge in [-0.15, -0.1) is 0 Å². The van der Waals surface area contributed by atoms with Crippen LogP contribution in [0, 0.1) is 12.8 Å². The van der Waals surface area contributed by atoms with E-state index in [9.17, 15) is 24.0 Å². The smallest absolute Gasteiger partial charge is 0.498 e. The average molecular weight is 729 g/mol. The first-order chi connectivity index (χ1) is 25.3. The standard InChI is InChI=1S/C39H53BN6O7/c1-7-36(48)52-40(53-37(49)26-46(6)29(5)24-43-35(47)15-11-14-30-18-16-28(4)17-19-30)34(22-27(2)3)45-38(50)32(23-31-12-9-8-10-13-31)44-39(51)33-25-41-20-21-42-33/h8-10,12-13,16-21,25,27,29,32,34H,7,11,14-15,22-24,26H2,1-6H3,(H,43,47)(H,44,51)(H,45,50)/t29?,32-,34-/m0/s1. The lowest BCUT2D eigenvalue weighted by Gasteiger charge is -2.28. The predicted molar refractivity (Wildman–Crippen MR) is 202 cm³/mol. The number of carbonyl (C=O) groups excluding carboxylic acids is 5. The van der Waals surface area contributed by atoms with Gasteiger partial charge in [0.05, 0.1) is 18.7 Å². The molecule has 0 radical (unpaired) electrons. The van der Waals surface area contributed by atoms with E-state index in [0.29, 0.717) is 19.4 Å². The molecule has 1 unspecified atom stereocenters. The van der Waals surface area contributed by atoms with Gasteiger partial charge in [-0.2, -0.15) is 0 Å². The van der Waals surface area contributed by atoms with Crippen LogP contribution in [0.2, 0.25) is 0 Å². The maximum Gasteiger partial charge on any atom is 0.622 e. The van der Waals surface area contributed by atoms with Crippen LogP contribution in [0.3, 0.4) is 0 Å². The van der Waals surface area contributed by atoms with Gasteiger partial charge in [-0.1, -0.05) is 80.9 Å². The van der Waals surface area contributed by atoms with Crippen molar-refractivity contribution in [3.8, 4) is 0 Å². The number of likely N-dealkylation sites (N-methyl/N-ethyl adjacent to an activating group) is 1. The van der Waals surface area contributed by atoms with Crippen molar-refractivity contribution in [2.75, 3.05) is 20.1 Å². The van der Waals surface area contributed by atoms with Gasteiger partial charge in [0, 0.05) is 44.2 Å². The van der Waals surface area contributed by atoms with Gasteiger partial charge in [-0.05, 0) is 57.2 Å². The van der Waals surface area contributed by atoms with Crippen LogP contribution in [0.25, 0.3) is 0 Å². The highest BCUT2D eigenvalue weighted by atomic mass is 16.6. The molecular weight excluding hydrogens is 675 g/mol. The van der Waals surface area contributed by atoms with Crippen LogP contribution in [0.4, 0.5) is 0 Å². The number of nitrogens with one attached hydrogen (secondary N) is 3. The molecule has 0 fully saturated rings. The molecule has 284 valence electrons. The van der Waals surface area contributed by atoms with Crippen LogP contribution in [0.15, 0.2) is 73.2 Å². The number of aromatic nitrogens is 2. The van der Waals surface area contributed by atoms with E-state index in [1.807, 2.05) is 58.0 Å². The van der Waals surface area contributed by atoms with Gasteiger partial charge in [0.25, 0.3) is 11.9 Å². The number of hydrogen-bond acceptors (Lipinski definition) is 10. The molecule has 2 aromatic carbocycles.